The van der Waals surface area contributed by atoms with Gasteiger partial charge in [-0.1, -0.05) is 24.3 Å². The quantitative estimate of drug-likeness (QED) is 0.164. The van der Waals surface area contributed by atoms with E-state index in [2.05, 4.69) is 15.3 Å². The van der Waals surface area contributed by atoms with Crippen LogP contribution in [0, 0.1) is 10.1 Å². The van der Waals surface area contributed by atoms with Gasteiger partial charge in [-0.15, -0.1) is 0 Å². The normalized spacial score (nSPS) is 13.4. The Morgan fingerprint density at radius 1 is 0.814 bits per heavy atom. The van der Waals surface area contributed by atoms with Gasteiger partial charge in [-0.05, 0) is 42.7 Å². The van der Waals surface area contributed by atoms with Gasteiger partial charge in [0.15, 0.2) is 0 Å². The van der Waals surface area contributed by atoms with Crippen LogP contribution in [0.15, 0.2) is 95.9 Å². The highest BCUT2D eigenvalue weighted by atomic mass is 16.6. The maximum absolute atomic E-state index is 13.5. The van der Waals surface area contributed by atoms with Crippen molar-refractivity contribution in [3.63, 3.8) is 0 Å². The number of ether oxygens (including phenoxy) is 4. The van der Waals surface area contributed by atoms with E-state index >= 15 is 0 Å². The van der Waals surface area contributed by atoms with Gasteiger partial charge in [-0.3, -0.25) is 20.1 Å². The van der Waals surface area contributed by atoms with E-state index in [1.807, 2.05) is 12.1 Å². The first-order valence-electron chi connectivity index (χ1n) is 13.7. The van der Waals surface area contributed by atoms with Gasteiger partial charge < -0.3 is 24.3 Å². The number of nitrogens with one attached hydrogen (secondary N) is 1. The molecule has 0 saturated heterocycles. The van der Waals surface area contributed by atoms with Crippen molar-refractivity contribution in [1.29, 1.82) is 0 Å². The molecule has 4 rings (SSSR count). The fourth-order valence-electron chi connectivity index (χ4n) is 4.60. The number of nitro groups is 1. The van der Waals surface area contributed by atoms with E-state index in [4.69, 9.17) is 18.9 Å². The third kappa shape index (κ3) is 8.09. The first-order chi connectivity index (χ1) is 20.9. The van der Waals surface area contributed by atoms with Crippen LogP contribution in [0.3, 0.4) is 0 Å². The molecule has 0 radical (unpaired) electrons. The van der Waals surface area contributed by atoms with Gasteiger partial charge in [-0.25, -0.2) is 9.59 Å². The minimum absolute atomic E-state index is 0.0628. The minimum Gasteiger partial charge on any atom is -0.463 e. The number of hydrogen-bond acceptors (Lipinski definition) is 11. The highest BCUT2D eigenvalue weighted by Crippen LogP contribution is 2.40. The number of esters is 2. The maximum atomic E-state index is 13.5. The second-order valence-electron chi connectivity index (χ2n) is 9.34. The van der Waals surface area contributed by atoms with Crippen molar-refractivity contribution in [3.05, 3.63) is 123 Å². The van der Waals surface area contributed by atoms with Crippen LogP contribution in [0.4, 0.5) is 5.69 Å². The molecule has 1 aliphatic heterocycles. The number of benzene rings is 1. The Morgan fingerprint density at radius 3 is 1.79 bits per heavy atom. The maximum Gasteiger partial charge on any atom is 0.336 e. The Balaban J connectivity index is 1.80. The fraction of sp³-hybridized carbons (Fsp3) is 0.290. The summed E-state index contributed by atoms with van der Waals surface area (Å²) in [7, 11) is 0. The summed E-state index contributed by atoms with van der Waals surface area (Å²) >= 11 is 0. The number of non-ortho nitro benzene ring substituents is 1. The van der Waals surface area contributed by atoms with Crippen molar-refractivity contribution >= 4 is 17.6 Å². The SMILES string of the molecule is CCOC(=O)C1=C(COCc2cccnc2)NC(COCc2cccnc2)=C(C(=O)OCC)C1c1cccc([N+](=O)[O-])c1. The lowest BCUT2D eigenvalue weighted by Gasteiger charge is -2.32. The second kappa shape index (κ2) is 15.3. The predicted molar refractivity (Wildman–Crippen MR) is 154 cm³/mol. The topological polar surface area (TPSA) is 152 Å². The number of dihydropyridines is 1. The van der Waals surface area contributed by atoms with Gasteiger partial charge >= 0.3 is 11.9 Å². The monoisotopic (exact) mass is 588 g/mol. The number of aromatic nitrogens is 2. The fourth-order valence-corrected chi connectivity index (χ4v) is 4.60. The van der Waals surface area contributed by atoms with Crippen molar-refractivity contribution in [2.75, 3.05) is 26.4 Å². The van der Waals surface area contributed by atoms with E-state index in [0.717, 1.165) is 11.1 Å². The van der Waals surface area contributed by atoms with E-state index < -0.39 is 22.8 Å². The number of carbonyl (C=O) groups excluding carboxylic acids is 2. The molecule has 0 spiro atoms. The molecule has 2 aromatic heterocycles. The van der Waals surface area contributed by atoms with Crippen LogP contribution in [-0.4, -0.2) is 53.3 Å². The van der Waals surface area contributed by atoms with Crippen LogP contribution < -0.4 is 5.32 Å². The molecule has 3 aromatic rings. The minimum atomic E-state index is -1.08. The van der Waals surface area contributed by atoms with Crippen LogP contribution in [0.5, 0.6) is 0 Å². The number of pyridine rings is 2. The van der Waals surface area contributed by atoms with E-state index in [0.29, 0.717) is 17.0 Å². The first-order valence-corrected chi connectivity index (χ1v) is 13.7. The summed E-state index contributed by atoms with van der Waals surface area (Å²) < 4.78 is 22.8. The van der Waals surface area contributed by atoms with Crippen molar-refractivity contribution < 1.29 is 33.5 Å². The molecule has 0 unspecified atom stereocenters. The number of nitro benzene ring substituents is 1. The highest BCUT2D eigenvalue weighted by Gasteiger charge is 2.40. The van der Waals surface area contributed by atoms with Gasteiger partial charge in [0.2, 0.25) is 0 Å². The Hall–Kier alpha value is -4.94. The van der Waals surface area contributed by atoms with Crippen molar-refractivity contribution in [1.82, 2.24) is 15.3 Å². The number of carbonyl (C=O) groups is 2. The number of nitrogens with zero attached hydrogens (tertiary/aromatic N) is 3. The van der Waals surface area contributed by atoms with Crippen molar-refractivity contribution in [2.24, 2.45) is 0 Å². The first kappa shape index (κ1) is 31.0. The third-order valence-electron chi connectivity index (χ3n) is 6.41. The zero-order valence-electron chi connectivity index (χ0n) is 23.9. The zero-order chi connectivity index (χ0) is 30.6. The molecule has 1 N–H and O–H groups in total. The summed E-state index contributed by atoms with van der Waals surface area (Å²) in [4.78, 5) is 46.4. The Morgan fingerprint density at radius 2 is 1.35 bits per heavy atom. The van der Waals surface area contributed by atoms with Gasteiger partial charge in [0.25, 0.3) is 5.69 Å². The summed E-state index contributed by atoms with van der Waals surface area (Å²) in [5, 5.41) is 14.9. The lowest BCUT2D eigenvalue weighted by atomic mass is 9.80. The highest BCUT2D eigenvalue weighted by molar-refractivity contribution is 6.00. The number of hydrogen-bond donors (Lipinski definition) is 1. The number of rotatable bonds is 14. The molecule has 12 nitrogen and oxygen atoms in total. The van der Waals surface area contributed by atoms with Crippen LogP contribution in [0.2, 0.25) is 0 Å². The average Bonchev–Trinajstić information content (AvgIpc) is 3.02. The molecule has 43 heavy (non-hydrogen) atoms. The molecule has 0 saturated carbocycles. The van der Waals surface area contributed by atoms with Gasteiger partial charge in [0, 0.05) is 36.9 Å². The van der Waals surface area contributed by atoms with Crippen LogP contribution >= 0.6 is 0 Å². The summed E-state index contributed by atoms with van der Waals surface area (Å²) in [5.74, 6) is -2.49. The third-order valence-corrected chi connectivity index (χ3v) is 6.41. The summed E-state index contributed by atoms with van der Waals surface area (Å²) in [6.07, 6.45) is 6.63. The average molecular weight is 589 g/mol. The van der Waals surface area contributed by atoms with Crippen LogP contribution in [0.25, 0.3) is 0 Å². The van der Waals surface area contributed by atoms with Crippen LogP contribution in [-0.2, 0) is 41.8 Å². The Labute approximate surface area is 248 Å². The molecule has 0 aliphatic carbocycles. The van der Waals surface area contributed by atoms with E-state index in [-0.39, 0.29) is 56.5 Å². The van der Waals surface area contributed by atoms with Gasteiger partial charge in [0.05, 0.1) is 73.0 Å². The van der Waals surface area contributed by atoms with E-state index in [9.17, 15) is 19.7 Å². The van der Waals surface area contributed by atoms with Gasteiger partial charge in [0.1, 0.15) is 0 Å². The molecule has 1 aromatic carbocycles. The zero-order valence-corrected chi connectivity index (χ0v) is 23.9. The Bertz CT molecular complexity index is 1410. The second-order valence-corrected chi connectivity index (χ2v) is 9.34. The Kier molecular flexibility index (Phi) is 11.1. The largest absolute Gasteiger partial charge is 0.463 e. The molecule has 0 amide bonds. The smallest absolute Gasteiger partial charge is 0.336 e. The molecule has 0 atom stereocenters. The standard InChI is InChI=1S/C31H32N4O8/c1-3-42-30(36)28-25(19-40-17-21-8-6-12-32-15-21)34-26(20-41-18-22-9-7-13-33-16-22)29(31(37)43-4-2)27(28)23-10-5-11-24(14-23)35(38)39/h5-16,27,34H,3-4,17-20H2,1-2H3. The molecule has 0 bridgehead atoms. The predicted octanol–water partition coefficient (Wildman–Crippen LogP) is 4.14. The molecule has 224 valence electrons. The summed E-state index contributed by atoms with van der Waals surface area (Å²) in [5.41, 5.74) is 2.56. The molecule has 3 heterocycles. The lowest BCUT2D eigenvalue weighted by molar-refractivity contribution is -0.384. The molecule has 0 fully saturated rings. The van der Waals surface area contributed by atoms with E-state index in [1.54, 1.807) is 56.8 Å². The van der Waals surface area contributed by atoms with Crippen molar-refractivity contribution in [3.8, 4) is 0 Å². The van der Waals surface area contributed by atoms with Crippen LogP contribution in [0.1, 0.15) is 36.5 Å². The van der Waals surface area contributed by atoms with Gasteiger partial charge in [-0.2, -0.15) is 0 Å². The van der Waals surface area contributed by atoms with E-state index in [1.165, 1.54) is 18.2 Å². The van der Waals surface area contributed by atoms with Crippen molar-refractivity contribution in [2.45, 2.75) is 33.0 Å². The molecule has 12 heteroatoms. The molecule has 1 aliphatic rings. The summed E-state index contributed by atoms with van der Waals surface area (Å²) in [6, 6.07) is 13.0. The lowest BCUT2D eigenvalue weighted by Crippen LogP contribution is -2.37. The molecular weight excluding hydrogens is 556 g/mol. The summed E-state index contributed by atoms with van der Waals surface area (Å²) in [6.45, 7) is 3.69. The molecular formula is C31H32N4O8.